The van der Waals surface area contributed by atoms with Crippen molar-refractivity contribution in [2.24, 2.45) is 0 Å². The predicted octanol–water partition coefficient (Wildman–Crippen LogP) is 1.48. The second-order valence-corrected chi connectivity index (χ2v) is 5.16. The highest BCUT2D eigenvalue weighted by atomic mass is 16.3. The van der Waals surface area contributed by atoms with E-state index in [-0.39, 0.29) is 12.1 Å². The van der Waals surface area contributed by atoms with Crippen LogP contribution >= 0.6 is 0 Å². The van der Waals surface area contributed by atoms with Crippen LogP contribution in [-0.2, 0) is 6.54 Å². The van der Waals surface area contributed by atoms with Gasteiger partial charge in [-0.3, -0.25) is 10.1 Å². The molecule has 1 aliphatic rings. The Labute approximate surface area is 112 Å². The summed E-state index contributed by atoms with van der Waals surface area (Å²) >= 11 is 0. The molecule has 1 aliphatic carbocycles. The summed E-state index contributed by atoms with van der Waals surface area (Å²) in [6, 6.07) is 3.92. The van der Waals surface area contributed by atoms with Gasteiger partial charge in [-0.05, 0) is 31.4 Å². The van der Waals surface area contributed by atoms with Gasteiger partial charge in [0.05, 0.1) is 18.5 Å². The van der Waals surface area contributed by atoms with Crippen molar-refractivity contribution in [2.45, 2.75) is 31.3 Å². The maximum Gasteiger partial charge on any atom is 0.0710 e. The first-order valence-corrected chi connectivity index (χ1v) is 6.61. The van der Waals surface area contributed by atoms with E-state index in [9.17, 15) is 5.11 Å². The van der Waals surface area contributed by atoms with Gasteiger partial charge in [0.2, 0.25) is 0 Å². The standard InChI is InChI=1S/C14H18N4O/c19-10-14(4-2-5-14)16-8-12-9-17-18-13(12)11-3-1-6-15-7-11/h1,3,6-7,9,16,19H,2,4-5,8,10H2,(H,17,18). The smallest absolute Gasteiger partial charge is 0.0710 e. The molecule has 0 atom stereocenters. The van der Waals surface area contributed by atoms with Gasteiger partial charge in [-0.25, -0.2) is 0 Å². The van der Waals surface area contributed by atoms with E-state index >= 15 is 0 Å². The molecule has 0 bridgehead atoms. The lowest BCUT2D eigenvalue weighted by Gasteiger charge is -2.41. The maximum absolute atomic E-state index is 9.46. The summed E-state index contributed by atoms with van der Waals surface area (Å²) in [5, 5.41) is 20.1. The molecule has 5 heteroatoms. The molecule has 0 amide bonds. The number of aliphatic hydroxyl groups is 1. The molecule has 2 heterocycles. The zero-order chi connectivity index (χ0) is 13.1. The third-order valence-electron chi connectivity index (χ3n) is 3.94. The van der Waals surface area contributed by atoms with E-state index in [2.05, 4.69) is 20.5 Å². The molecule has 19 heavy (non-hydrogen) atoms. The van der Waals surface area contributed by atoms with Crippen molar-refractivity contribution in [3.8, 4) is 11.3 Å². The fourth-order valence-electron chi connectivity index (χ4n) is 2.48. The number of hydrogen-bond acceptors (Lipinski definition) is 4. The average Bonchev–Trinajstić information content (AvgIpc) is 2.87. The third kappa shape index (κ3) is 2.39. The number of nitrogens with one attached hydrogen (secondary N) is 2. The van der Waals surface area contributed by atoms with Crippen LogP contribution in [0.1, 0.15) is 24.8 Å². The topological polar surface area (TPSA) is 73.8 Å². The van der Waals surface area contributed by atoms with Crippen molar-refractivity contribution in [1.82, 2.24) is 20.5 Å². The van der Waals surface area contributed by atoms with Crippen LogP contribution in [0.15, 0.2) is 30.7 Å². The zero-order valence-corrected chi connectivity index (χ0v) is 10.8. The van der Waals surface area contributed by atoms with Crippen molar-refractivity contribution in [3.05, 3.63) is 36.3 Å². The van der Waals surface area contributed by atoms with Crippen molar-refractivity contribution in [3.63, 3.8) is 0 Å². The first kappa shape index (κ1) is 12.3. The number of hydrogen-bond donors (Lipinski definition) is 3. The number of rotatable bonds is 5. The number of aliphatic hydroxyl groups excluding tert-OH is 1. The average molecular weight is 258 g/mol. The molecule has 2 aromatic rings. The lowest BCUT2D eigenvalue weighted by molar-refractivity contribution is 0.0872. The van der Waals surface area contributed by atoms with Gasteiger partial charge in [-0.15, -0.1) is 0 Å². The van der Waals surface area contributed by atoms with Gasteiger partial charge >= 0.3 is 0 Å². The van der Waals surface area contributed by atoms with Gasteiger partial charge < -0.3 is 10.4 Å². The van der Waals surface area contributed by atoms with Crippen molar-refractivity contribution in [2.75, 3.05) is 6.61 Å². The van der Waals surface area contributed by atoms with Crippen LogP contribution in [-0.4, -0.2) is 32.4 Å². The summed E-state index contributed by atoms with van der Waals surface area (Å²) < 4.78 is 0. The highest BCUT2D eigenvalue weighted by molar-refractivity contribution is 5.61. The van der Waals surface area contributed by atoms with Crippen LogP contribution in [0, 0.1) is 0 Å². The summed E-state index contributed by atoms with van der Waals surface area (Å²) in [6.45, 7) is 0.911. The van der Waals surface area contributed by atoms with Gasteiger partial charge in [-0.1, -0.05) is 0 Å². The Morgan fingerprint density at radius 3 is 2.89 bits per heavy atom. The molecule has 0 saturated heterocycles. The normalized spacial score (nSPS) is 17.1. The van der Waals surface area contributed by atoms with E-state index in [1.54, 1.807) is 6.20 Å². The number of nitrogens with zero attached hydrogens (tertiary/aromatic N) is 2. The van der Waals surface area contributed by atoms with Crippen molar-refractivity contribution >= 4 is 0 Å². The van der Waals surface area contributed by atoms with Crippen molar-refractivity contribution in [1.29, 1.82) is 0 Å². The Hall–Kier alpha value is -1.72. The lowest BCUT2D eigenvalue weighted by atomic mass is 9.77. The molecular formula is C14H18N4O. The summed E-state index contributed by atoms with van der Waals surface area (Å²) in [5.74, 6) is 0. The van der Waals surface area contributed by atoms with E-state index in [4.69, 9.17) is 0 Å². The Kier molecular flexibility index (Phi) is 3.31. The molecule has 2 aromatic heterocycles. The molecule has 1 fully saturated rings. The number of H-pyrrole nitrogens is 1. The molecule has 5 nitrogen and oxygen atoms in total. The fourth-order valence-corrected chi connectivity index (χ4v) is 2.48. The van der Waals surface area contributed by atoms with Crippen LogP contribution in [0.25, 0.3) is 11.3 Å². The zero-order valence-electron chi connectivity index (χ0n) is 10.8. The van der Waals surface area contributed by atoms with Gasteiger partial charge in [-0.2, -0.15) is 5.10 Å². The van der Waals surface area contributed by atoms with E-state index in [0.717, 1.165) is 29.7 Å². The number of aromatic amines is 1. The minimum atomic E-state index is -0.0799. The molecule has 1 saturated carbocycles. The second kappa shape index (κ2) is 5.11. The Morgan fingerprint density at radius 1 is 1.37 bits per heavy atom. The SMILES string of the molecule is OCC1(NCc2cn[nH]c2-c2cccnc2)CCC1. The largest absolute Gasteiger partial charge is 0.394 e. The molecular weight excluding hydrogens is 240 g/mol. The first-order chi connectivity index (χ1) is 9.33. The van der Waals surface area contributed by atoms with E-state index in [1.165, 1.54) is 6.42 Å². The Balaban J connectivity index is 1.74. The molecule has 3 N–H and O–H groups in total. The van der Waals surface area contributed by atoms with Crippen molar-refractivity contribution < 1.29 is 5.11 Å². The molecule has 0 spiro atoms. The van der Waals surface area contributed by atoms with E-state index < -0.39 is 0 Å². The number of pyridine rings is 1. The van der Waals surface area contributed by atoms with Gasteiger partial charge in [0.1, 0.15) is 0 Å². The summed E-state index contributed by atoms with van der Waals surface area (Å²) in [6.07, 6.45) is 8.69. The summed E-state index contributed by atoms with van der Waals surface area (Å²) in [4.78, 5) is 4.13. The number of aromatic nitrogens is 3. The van der Waals surface area contributed by atoms with Crippen LogP contribution in [0.2, 0.25) is 0 Å². The third-order valence-corrected chi connectivity index (χ3v) is 3.94. The molecule has 3 rings (SSSR count). The second-order valence-electron chi connectivity index (χ2n) is 5.16. The Morgan fingerprint density at radius 2 is 2.26 bits per heavy atom. The van der Waals surface area contributed by atoms with Gasteiger partial charge in [0.25, 0.3) is 0 Å². The molecule has 0 aromatic carbocycles. The monoisotopic (exact) mass is 258 g/mol. The predicted molar refractivity (Wildman–Crippen MR) is 72.3 cm³/mol. The molecule has 100 valence electrons. The van der Waals surface area contributed by atoms with E-state index in [0.29, 0.717) is 6.54 Å². The summed E-state index contributed by atoms with van der Waals surface area (Å²) in [7, 11) is 0. The van der Waals surface area contributed by atoms with Crippen LogP contribution in [0.4, 0.5) is 0 Å². The van der Waals surface area contributed by atoms with Crippen LogP contribution < -0.4 is 5.32 Å². The fraction of sp³-hybridized carbons (Fsp3) is 0.429. The minimum absolute atomic E-state index is 0.0799. The molecule has 0 aliphatic heterocycles. The minimum Gasteiger partial charge on any atom is -0.394 e. The van der Waals surface area contributed by atoms with Crippen LogP contribution in [0.3, 0.4) is 0 Å². The summed E-state index contributed by atoms with van der Waals surface area (Å²) in [5.41, 5.74) is 3.05. The highest BCUT2D eigenvalue weighted by Gasteiger charge is 2.35. The Bertz CT molecular complexity index is 528. The van der Waals surface area contributed by atoms with Gasteiger partial charge in [0, 0.05) is 35.6 Å². The maximum atomic E-state index is 9.46. The van der Waals surface area contributed by atoms with Crippen LogP contribution in [0.5, 0.6) is 0 Å². The lowest BCUT2D eigenvalue weighted by Crippen LogP contribution is -2.53. The quantitative estimate of drug-likeness (QED) is 0.759. The highest BCUT2D eigenvalue weighted by Crippen LogP contribution is 2.32. The van der Waals surface area contributed by atoms with Gasteiger partial charge in [0.15, 0.2) is 0 Å². The van der Waals surface area contributed by atoms with E-state index in [1.807, 2.05) is 24.5 Å². The molecule has 0 unspecified atom stereocenters. The molecule has 0 radical (unpaired) electrons. The first-order valence-electron chi connectivity index (χ1n) is 6.61.